The Kier molecular flexibility index (Phi) is 4.51. The van der Waals surface area contributed by atoms with E-state index in [0.29, 0.717) is 38.1 Å². The average Bonchev–Trinajstić information content (AvgIpc) is 3.37. The van der Waals surface area contributed by atoms with Crippen LogP contribution < -0.4 is 0 Å². The molecular weight excluding hydrogens is 352 g/mol. The zero-order chi connectivity index (χ0) is 19.2. The van der Waals surface area contributed by atoms with Crippen molar-refractivity contribution in [3.63, 3.8) is 0 Å². The van der Waals surface area contributed by atoms with Crippen LogP contribution in [0.1, 0.15) is 18.7 Å². The Bertz CT molecular complexity index is 778. The first-order valence-corrected chi connectivity index (χ1v) is 9.23. The minimum Gasteiger partial charge on any atom is -0.424 e. The fourth-order valence-corrected chi connectivity index (χ4v) is 4.31. The van der Waals surface area contributed by atoms with Crippen LogP contribution in [0.5, 0.6) is 0 Å². The van der Waals surface area contributed by atoms with Gasteiger partial charge in [-0.1, -0.05) is 12.2 Å². The largest absolute Gasteiger partial charge is 0.424 e. The van der Waals surface area contributed by atoms with E-state index < -0.39 is 17.4 Å². The first kappa shape index (κ1) is 18.1. The Hall–Kier alpha value is -2.26. The lowest BCUT2D eigenvalue weighted by Gasteiger charge is -2.27. The van der Waals surface area contributed by atoms with Gasteiger partial charge in [-0.15, -0.1) is 10.2 Å². The van der Waals surface area contributed by atoms with Gasteiger partial charge in [-0.05, 0) is 6.92 Å². The molecule has 3 aliphatic heterocycles. The van der Waals surface area contributed by atoms with Crippen LogP contribution in [0.25, 0.3) is 0 Å². The maximum atomic E-state index is 13.1. The molecule has 4 rings (SSSR count). The molecule has 0 aromatic carbocycles. The molecule has 27 heavy (non-hydrogen) atoms. The molecule has 3 aliphatic rings. The predicted molar refractivity (Wildman–Crippen MR) is 92.3 cm³/mol. The zero-order valence-electron chi connectivity index (χ0n) is 15.8. The van der Waals surface area contributed by atoms with Gasteiger partial charge in [0.1, 0.15) is 5.60 Å². The van der Waals surface area contributed by atoms with E-state index in [0.717, 1.165) is 0 Å². The summed E-state index contributed by atoms with van der Waals surface area (Å²) in [5.41, 5.74) is -0.698. The standard InChI is InChI=1S/C18H24N4O5/c1-4-25-8-7-22-10-18-6-5-12(27-18)14(15(18)17(22)24)16(23)21(3)9-13-20-19-11(2)26-13/h5-6,12,14-15H,4,7-10H2,1-3H3/t12-,14?,15?,18-/m0/s1. The summed E-state index contributed by atoms with van der Waals surface area (Å²) in [5, 5.41) is 7.71. The molecule has 2 saturated heterocycles. The molecule has 9 heteroatoms. The first-order chi connectivity index (χ1) is 12.9. The molecule has 1 aromatic heterocycles. The highest BCUT2D eigenvalue weighted by molar-refractivity contribution is 5.92. The smallest absolute Gasteiger partial charge is 0.235 e. The number of carbonyl (C=O) groups excluding carboxylic acids is 2. The SMILES string of the molecule is CCOCCN1C[C@]23C=C[C@H](O2)C(C(=O)N(C)Cc2nnc(C)o2)C3C1=O. The summed E-state index contributed by atoms with van der Waals surface area (Å²) in [6, 6.07) is 0. The van der Waals surface area contributed by atoms with Gasteiger partial charge in [0.2, 0.25) is 23.6 Å². The van der Waals surface area contributed by atoms with Crippen molar-refractivity contribution in [2.75, 3.05) is 33.4 Å². The zero-order valence-corrected chi connectivity index (χ0v) is 15.8. The molecule has 0 aliphatic carbocycles. The normalized spacial score (nSPS) is 31.0. The second-order valence-electron chi connectivity index (χ2n) is 7.27. The van der Waals surface area contributed by atoms with Crippen LogP contribution in [0.3, 0.4) is 0 Å². The topological polar surface area (TPSA) is 98.0 Å². The molecule has 0 radical (unpaired) electrons. The second kappa shape index (κ2) is 6.72. The van der Waals surface area contributed by atoms with Gasteiger partial charge >= 0.3 is 0 Å². The summed E-state index contributed by atoms with van der Waals surface area (Å²) >= 11 is 0. The number of nitrogens with zero attached hydrogens (tertiary/aromatic N) is 4. The number of fused-ring (bicyclic) bond motifs is 1. The predicted octanol–water partition coefficient (Wildman–Crippen LogP) is 0.155. The Morgan fingerprint density at radius 3 is 3.00 bits per heavy atom. The summed E-state index contributed by atoms with van der Waals surface area (Å²) in [4.78, 5) is 29.4. The number of carbonyl (C=O) groups is 2. The summed E-state index contributed by atoms with van der Waals surface area (Å²) < 4.78 is 16.8. The number of aromatic nitrogens is 2. The van der Waals surface area contributed by atoms with Gasteiger partial charge in [0.15, 0.2) is 0 Å². The molecule has 4 heterocycles. The van der Waals surface area contributed by atoms with Gasteiger partial charge in [0, 0.05) is 27.1 Å². The number of rotatable bonds is 7. The lowest BCUT2D eigenvalue weighted by atomic mass is 9.76. The van der Waals surface area contributed by atoms with Crippen molar-refractivity contribution in [2.45, 2.75) is 32.1 Å². The highest BCUT2D eigenvalue weighted by atomic mass is 16.5. The third-order valence-corrected chi connectivity index (χ3v) is 5.49. The molecule has 2 fully saturated rings. The Balaban J connectivity index is 1.49. The highest BCUT2D eigenvalue weighted by Gasteiger charge is 2.67. The molecule has 2 bridgehead atoms. The summed E-state index contributed by atoms with van der Waals surface area (Å²) in [7, 11) is 1.68. The van der Waals surface area contributed by atoms with Crippen molar-refractivity contribution in [1.82, 2.24) is 20.0 Å². The van der Waals surface area contributed by atoms with Crippen molar-refractivity contribution < 1.29 is 23.5 Å². The summed E-state index contributed by atoms with van der Waals surface area (Å²) in [6.45, 7) is 5.88. The van der Waals surface area contributed by atoms with Crippen LogP contribution in [0.2, 0.25) is 0 Å². The van der Waals surface area contributed by atoms with E-state index in [1.54, 1.807) is 18.9 Å². The minimum absolute atomic E-state index is 0.0399. The maximum absolute atomic E-state index is 13.1. The van der Waals surface area contributed by atoms with E-state index in [2.05, 4.69) is 10.2 Å². The van der Waals surface area contributed by atoms with Gasteiger partial charge in [-0.3, -0.25) is 9.59 Å². The molecule has 2 unspecified atom stereocenters. The number of likely N-dealkylation sites (tertiary alicyclic amines) is 1. The van der Waals surface area contributed by atoms with Crippen molar-refractivity contribution in [3.8, 4) is 0 Å². The molecule has 4 atom stereocenters. The molecule has 2 amide bonds. The average molecular weight is 376 g/mol. The van der Waals surface area contributed by atoms with E-state index in [-0.39, 0.29) is 24.5 Å². The lowest BCUT2D eigenvalue weighted by Crippen LogP contribution is -2.44. The lowest BCUT2D eigenvalue weighted by molar-refractivity contribution is -0.143. The fourth-order valence-electron chi connectivity index (χ4n) is 4.31. The molecule has 9 nitrogen and oxygen atoms in total. The summed E-state index contributed by atoms with van der Waals surface area (Å²) in [5.74, 6) is -0.392. The number of amides is 2. The second-order valence-corrected chi connectivity index (χ2v) is 7.27. The van der Waals surface area contributed by atoms with Gasteiger partial charge < -0.3 is 23.7 Å². The van der Waals surface area contributed by atoms with Crippen molar-refractivity contribution in [3.05, 3.63) is 23.9 Å². The van der Waals surface area contributed by atoms with Crippen LogP contribution in [-0.2, 0) is 25.6 Å². The van der Waals surface area contributed by atoms with Crippen LogP contribution in [0, 0.1) is 18.8 Å². The van der Waals surface area contributed by atoms with Crippen molar-refractivity contribution in [2.24, 2.45) is 11.8 Å². The number of hydrogen-bond acceptors (Lipinski definition) is 7. The van der Waals surface area contributed by atoms with Crippen LogP contribution in [0.15, 0.2) is 16.6 Å². The number of ether oxygens (including phenoxy) is 2. The number of hydrogen-bond donors (Lipinski definition) is 0. The van der Waals surface area contributed by atoms with Gasteiger partial charge in [0.05, 0.1) is 37.6 Å². The quantitative estimate of drug-likeness (QED) is 0.494. The Labute approximate surface area is 157 Å². The highest BCUT2D eigenvalue weighted by Crippen LogP contribution is 2.52. The van der Waals surface area contributed by atoms with Crippen LogP contribution in [-0.4, -0.2) is 76.9 Å². The molecule has 1 aromatic rings. The molecule has 146 valence electrons. The Morgan fingerprint density at radius 1 is 1.48 bits per heavy atom. The molecule has 0 N–H and O–H groups in total. The van der Waals surface area contributed by atoms with Gasteiger partial charge in [-0.25, -0.2) is 0 Å². The monoisotopic (exact) mass is 376 g/mol. The van der Waals surface area contributed by atoms with Crippen LogP contribution in [0.4, 0.5) is 0 Å². The molecule has 0 saturated carbocycles. The van der Waals surface area contributed by atoms with Crippen molar-refractivity contribution >= 4 is 11.8 Å². The van der Waals surface area contributed by atoms with E-state index in [1.165, 1.54) is 4.90 Å². The Morgan fingerprint density at radius 2 is 2.30 bits per heavy atom. The van der Waals surface area contributed by atoms with E-state index in [1.807, 2.05) is 19.1 Å². The van der Waals surface area contributed by atoms with E-state index in [9.17, 15) is 9.59 Å². The minimum atomic E-state index is -0.698. The third-order valence-electron chi connectivity index (χ3n) is 5.49. The fraction of sp³-hybridized carbons (Fsp3) is 0.667. The van der Waals surface area contributed by atoms with Crippen LogP contribution >= 0.6 is 0 Å². The van der Waals surface area contributed by atoms with Gasteiger partial charge in [0.25, 0.3) is 0 Å². The van der Waals surface area contributed by atoms with E-state index >= 15 is 0 Å². The molecular formula is C18H24N4O5. The van der Waals surface area contributed by atoms with Crippen molar-refractivity contribution in [1.29, 1.82) is 0 Å². The van der Waals surface area contributed by atoms with Gasteiger partial charge in [-0.2, -0.15) is 0 Å². The third kappa shape index (κ3) is 2.94. The van der Waals surface area contributed by atoms with E-state index in [4.69, 9.17) is 13.9 Å². The number of aryl methyl sites for hydroxylation is 1. The first-order valence-electron chi connectivity index (χ1n) is 9.23. The molecule has 1 spiro atoms. The summed E-state index contributed by atoms with van der Waals surface area (Å²) in [6.07, 6.45) is 3.49. The maximum Gasteiger partial charge on any atom is 0.235 e.